The number of rotatable bonds is 4. The molecule has 0 saturated carbocycles. The largest absolute Gasteiger partial charge is 0.408 e. The van der Waals surface area contributed by atoms with Crippen LogP contribution >= 0.6 is 0 Å². The lowest BCUT2D eigenvalue weighted by atomic mass is 9.95. The van der Waals surface area contributed by atoms with E-state index in [0.29, 0.717) is 6.42 Å². The van der Waals surface area contributed by atoms with E-state index in [-0.39, 0.29) is 23.1 Å². The highest BCUT2D eigenvalue weighted by molar-refractivity contribution is 6.74. The van der Waals surface area contributed by atoms with Crippen molar-refractivity contribution in [3.8, 4) is 0 Å². The maximum absolute atomic E-state index is 11.8. The van der Waals surface area contributed by atoms with Crippen LogP contribution in [0.25, 0.3) is 0 Å². The van der Waals surface area contributed by atoms with Crippen molar-refractivity contribution in [3.05, 3.63) is 35.9 Å². The summed E-state index contributed by atoms with van der Waals surface area (Å²) in [6.07, 6.45) is 2.52. The Labute approximate surface area is 135 Å². The van der Waals surface area contributed by atoms with Gasteiger partial charge >= 0.3 is 0 Å². The first kappa shape index (κ1) is 17.2. The SMILES string of the molecule is CC(C)(C)[Si](C)(C)O[C@@H](c1ccccc1)[C@@H]1CCCC(=O)N1. The van der Waals surface area contributed by atoms with Gasteiger partial charge in [-0.25, -0.2) is 0 Å². The maximum atomic E-state index is 11.8. The molecule has 2 rings (SSSR count). The molecule has 2 atom stereocenters. The van der Waals surface area contributed by atoms with Gasteiger partial charge in [-0.1, -0.05) is 51.1 Å². The summed E-state index contributed by atoms with van der Waals surface area (Å²) in [4.78, 5) is 11.8. The third-order valence-electron chi connectivity index (χ3n) is 4.99. The van der Waals surface area contributed by atoms with E-state index >= 15 is 0 Å². The summed E-state index contributed by atoms with van der Waals surface area (Å²) in [5.41, 5.74) is 1.17. The van der Waals surface area contributed by atoms with Crippen LogP contribution in [0.2, 0.25) is 18.1 Å². The smallest absolute Gasteiger partial charge is 0.220 e. The van der Waals surface area contributed by atoms with Gasteiger partial charge in [0.1, 0.15) is 0 Å². The Hall–Kier alpha value is -1.13. The molecule has 22 heavy (non-hydrogen) atoms. The molecule has 0 spiro atoms. The number of amides is 1. The zero-order valence-corrected chi connectivity index (χ0v) is 15.5. The molecule has 122 valence electrons. The Bertz CT molecular complexity index is 508. The molecule has 4 heteroatoms. The van der Waals surface area contributed by atoms with Crippen LogP contribution in [0.15, 0.2) is 30.3 Å². The average molecular weight is 320 g/mol. The number of carbonyl (C=O) groups excluding carboxylic acids is 1. The zero-order chi connectivity index (χ0) is 16.4. The van der Waals surface area contributed by atoms with E-state index in [2.05, 4.69) is 51.3 Å². The van der Waals surface area contributed by atoms with Gasteiger partial charge in [0.15, 0.2) is 8.32 Å². The monoisotopic (exact) mass is 319 g/mol. The zero-order valence-electron chi connectivity index (χ0n) is 14.5. The lowest BCUT2D eigenvalue weighted by Crippen LogP contribution is -2.49. The van der Waals surface area contributed by atoms with Crippen LogP contribution in [0.4, 0.5) is 0 Å². The minimum absolute atomic E-state index is 0.0497. The summed E-state index contributed by atoms with van der Waals surface area (Å²) in [6.45, 7) is 11.3. The first-order valence-electron chi connectivity index (χ1n) is 8.23. The van der Waals surface area contributed by atoms with Crippen LogP contribution in [0.5, 0.6) is 0 Å². The molecule has 0 aromatic heterocycles. The molecule has 0 bridgehead atoms. The quantitative estimate of drug-likeness (QED) is 0.834. The van der Waals surface area contributed by atoms with Crippen LogP contribution < -0.4 is 5.32 Å². The summed E-state index contributed by atoms with van der Waals surface area (Å²) < 4.78 is 6.70. The van der Waals surface area contributed by atoms with Crippen molar-refractivity contribution in [1.29, 1.82) is 0 Å². The number of carbonyl (C=O) groups is 1. The summed E-state index contributed by atoms with van der Waals surface area (Å²) in [6, 6.07) is 10.4. The van der Waals surface area contributed by atoms with Gasteiger partial charge in [-0.15, -0.1) is 0 Å². The number of hydrogen-bond acceptors (Lipinski definition) is 2. The Morgan fingerprint density at radius 1 is 1.23 bits per heavy atom. The van der Waals surface area contributed by atoms with Crippen molar-refractivity contribution in [2.24, 2.45) is 0 Å². The molecular formula is C18H29NO2Si. The number of nitrogens with one attached hydrogen (secondary N) is 1. The van der Waals surface area contributed by atoms with Crippen LogP contribution in [0.3, 0.4) is 0 Å². The molecule has 0 unspecified atom stereocenters. The fourth-order valence-corrected chi connectivity index (χ4v) is 3.87. The molecule has 1 saturated heterocycles. The summed E-state index contributed by atoms with van der Waals surface area (Å²) in [7, 11) is -1.91. The lowest BCUT2D eigenvalue weighted by Gasteiger charge is -2.42. The van der Waals surface area contributed by atoms with Crippen molar-refractivity contribution in [1.82, 2.24) is 5.32 Å². The molecule has 0 radical (unpaired) electrons. The average Bonchev–Trinajstić information content (AvgIpc) is 2.44. The molecule has 1 aromatic carbocycles. The van der Waals surface area contributed by atoms with Gasteiger partial charge in [0, 0.05) is 6.42 Å². The van der Waals surface area contributed by atoms with Crippen molar-refractivity contribution in [2.45, 2.75) is 70.3 Å². The third-order valence-corrected chi connectivity index (χ3v) is 9.44. The van der Waals surface area contributed by atoms with Crippen molar-refractivity contribution < 1.29 is 9.22 Å². The van der Waals surface area contributed by atoms with Gasteiger partial charge in [-0.05, 0) is 36.5 Å². The fraction of sp³-hybridized carbons (Fsp3) is 0.611. The van der Waals surface area contributed by atoms with E-state index in [1.165, 1.54) is 5.56 Å². The summed E-state index contributed by atoms with van der Waals surface area (Å²) in [5.74, 6) is 0.149. The third kappa shape index (κ3) is 3.99. The van der Waals surface area contributed by atoms with Crippen molar-refractivity contribution >= 4 is 14.2 Å². The number of benzene rings is 1. The van der Waals surface area contributed by atoms with E-state index in [0.717, 1.165) is 12.8 Å². The lowest BCUT2D eigenvalue weighted by molar-refractivity contribution is -0.124. The Morgan fingerprint density at radius 3 is 2.41 bits per heavy atom. The molecule has 1 fully saturated rings. The van der Waals surface area contributed by atoms with Crippen LogP contribution in [0.1, 0.15) is 51.7 Å². The molecule has 1 aliphatic rings. The van der Waals surface area contributed by atoms with Crippen LogP contribution in [0, 0.1) is 0 Å². The first-order valence-corrected chi connectivity index (χ1v) is 11.1. The number of piperidine rings is 1. The van der Waals surface area contributed by atoms with E-state index in [1.807, 2.05) is 18.2 Å². The molecule has 1 heterocycles. The molecule has 1 aromatic rings. The van der Waals surface area contributed by atoms with Gasteiger partial charge in [0.2, 0.25) is 5.91 Å². The highest BCUT2D eigenvalue weighted by Crippen LogP contribution is 2.41. The van der Waals surface area contributed by atoms with Crippen molar-refractivity contribution in [3.63, 3.8) is 0 Å². The predicted molar refractivity (Wildman–Crippen MR) is 93.2 cm³/mol. The molecule has 3 nitrogen and oxygen atoms in total. The maximum Gasteiger partial charge on any atom is 0.220 e. The normalized spacial score (nSPS) is 21.3. The van der Waals surface area contributed by atoms with E-state index in [4.69, 9.17) is 4.43 Å². The molecule has 1 N–H and O–H groups in total. The minimum atomic E-state index is -1.91. The predicted octanol–water partition coefficient (Wildman–Crippen LogP) is 4.42. The molecule has 1 amide bonds. The highest BCUT2D eigenvalue weighted by Gasteiger charge is 2.41. The van der Waals surface area contributed by atoms with E-state index in [9.17, 15) is 4.79 Å². The topological polar surface area (TPSA) is 38.3 Å². The Morgan fingerprint density at radius 2 is 1.86 bits per heavy atom. The Balaban J connectivity index is 2.28. The fourth-order valence-electron chi connectivity index (χ4n) is 2.58. The van der Waals surface area contributed by atoms with Gasteiger partial charge in [-0.3, -0.25) is 4.79 Å². The number of hydrogen-bond donors (Lipinski definition) is 1. The van der Waals surface area contributed by atoms with Crippen LogP contribution in [-0.2, 0) is 9.22 Å². The van der Waals surface area contributed by atoms with Gasteiger partial charge < -0.3 is 9.74 Å². The Kier molecular flexibility index (Phi) is 5.13. The van der Waals surface area contributed by atoms with Gasteiger partial charge in [0.25, 0.3) is 0 Å². The van der Waals surface area contributed by atoms with Gasteiger partial charge in [-0.2, -0.15) is 0 Å². The summed E-state index contributed by atoms with van der Waals surface area (Å²) >= 11 is 0. The first-order chi connectivity index (χ1) is 10.2. The van der Waals surface area contributed by atoms with E-state index in [1.54, 1.807) is 0 Å². The summed E-state index contributed by atoms with van der Waals surface area (Å²) in [5, 5.41) is 3.30. The van der Waals surface area contributed by atoms with Gasteiger partial charge in [0.05, 0.1) is 12.1 Å². The highest BCUT2D eigenvalue weighted by atomic mass is 28.4. The standard InChI is InChI=1S/C18H29NO2Si/c1-18(2,3)22(4,5)21-17(14-10-7-6-8-11-14)15-12-9-13-16(20)19-15/h6-8,10-11,15,17H,9,12-13H2,1-5H3,(H,19,20)/t15-,17-/m0/s1. The minimum Gasteiger partial charge on any atom is -0.408 e. The molecule has 0 aliphatic carbocycles. The second-order valence-electron chi connectivity index (χ2n) is 7.78. The second-order valence-corrected chi connectivity index (χ2v) is 12.5. The van der Waals surface area contributed by atoms with E-state index < -0.39 is 8.32 Å². The molecular weight excluding hydrogens is 290 g/mol. The van der Waals surface area contributed by atoms with Crippen LogP contribution in [-0.4, -0.2) is 20.3 Å². The molecule has 1 aliphatic heterocycles. The van der Waals surface area contributed by atoms with Crippen molar-refractivity contribution in [2.75, 3.05) is 0 Å². The second kappa shape index (κ2) is 6.55.